The fourth-order valence-corrected chi connectivity index (χ4v) is 3.15. The summed E-state index contributed by atoms with van der Waals surface area (Å²) in [7, 11) is 0. The molecule has 1 saturated carbocycles. The van der Waals surface area contributed by atoms with Crippen LogP contribution >= 0.6 is 0 Å². The molecule has 21 heavy (non-hydrogen) atoms. The van der Waals surface area contributed by atoms with E-state index in [0.29, 0.717) is 12.1 Å². The van der Waals surface area contributed by atoms with Crippen molar-refractivity contribution in [3.63, 3.8) is 0 Å². The fraction of sp³-hybridized carbons (Fsp3) is 0.625. The highest BCUT2D eigenvalue weighted by Gasteiger charge is 2.17. The van der Waals surface area contributed by atoms with E-state index < -0.39 is 0 Å². The number of nitrogens with one attached hydrogen (secondary N) is 1. The molecule has 5 nitrogen and oxygen atoms in total. The van der Waals surface area contributed by atoms with E-state index in [9.17, 15) is 0 Å². The van der Waals surface area contributed by atoms with Crippen molar-refractivity contribution in [1.29, 1.82) is 0 Å². The summed E-state index contributed by atoms with van der Waals surface area (Å²) in [5, 5.41) is 12.4. The third-order valence-corrected chi connectivity index (χ3v) is 4.42. The summed E-state index contributed by atoms with van der Waals surface area (Å²) < 4.78 is 4.19. The number of hydrogen-bond acceptors (Lipinski definition) is 3. The van der Waals surface area contributed by atoms with Crippen LogP contribution in [-0.2, 0) is 6.54 Å². The Kier molecular flexibility index (Phi) is 3.99. The van der Waals surface area contributed by atoms with Gasteiger partial charge in [0.05, 0.1) is 24.1 Å². The van der Waals surface area contributed by atoms with Crippen molar-refractivity contribution in [3.05, 3.63) is 29.8 Å². The lowest BCUT2D eigenvalue weighted by molar-refractivity contribution is 0.467. The Hall–Kier alpha value is -1.78. The highest BCUT2D eigenvalue weighted by atomic mass is 15.3. The predicted octanol–water partition coefficient (Wildman–Crippen LogP) is 3.70. The summed E-state index contributed by atoms with van der Waals surface area (Å²) in [5.41, 5.74) is 3.58. The fourth-order valence-electron chi connectivity index (χ4n) is 3.15. The third-order valence-electron chi connectivity index (χ3n) is 4.42. The zero-order chi connectivity index (χ0) is 14.8. The Labute approximate surface area is 126 Å². The van der Waals surface area contributed by atoms with E-state index in [4.69, 9.17) is 0 Å². The first-order valence-corrected chi connectivity index (χ1v) is 7.96. The molecule has 1 aliphatic carbocycles. The van der Waals surface area contributed by atoms with Gasteiger partial charge in [-0.15, -0.1) is 0 Å². The van der Waals surface area contributed by atoms with Crippen LogP contribution in [0.1, 0.15) is 62.9 Å². The molecule has 0 amide bonds. The molecule has 2 aromatic rings. The smallest absolute Gasteiger partial charge is 0.0729 e. The van der Waals surface area contributed by atoms with Gasteiger partial charge in [0.15, 0.2) is 0 Å². The first kappa shape index (κ1) is 14.2. The van der Waals surface area contributed by atoms with E-state index in [1.165, 1.54) is 36.9 Å². The first-order valence-electron chi connectivity index (χ1n) is 7.96. The minimum absolute atomic E-state index is 0.406. The molecule has 1 aliphatic rings. The summed E-state index contributed by atoms with van der Waals surface area (Å²) in [6, 6.07) is 1.01. The van der Waals surface area contributed by atoms with Crippen molar-refractivity contribution < 1.29 is 0 Å². The Bertz CT molecular complexity index is 590. The SMILES string of the molecule is Cc1c(CNc2cnn(C3CCCC3)c2)cnn1C(C)C. The van der Waals surface area contributed by atoms with Gasteiger partial charge in [-0.25, -0.2) is 0 Å². The van der Waals surface area contributed by atoms with Crippen LogP contribution in [0, 0.1) is 6.92 Å². The lowest BCUT2D eigenvalue weighted by Crippen LogP contribution is -2.06. The van der Waals surface area contributed by atoms with Crippen LogP contribution in [0.4, 0.5) is 5.69 Å². The van der Waals surface area contributed by atoms with Gasteiger partial charge in [-0.05, 0) is 33.6 Å². The van der Waals surface area contributed by atoms with Crippen LogP contribution in [0.2, 0.25) is 0 Å². The molecule has 2 heterocycles. The summed E-state index contributed by atoms with van der Waals surface area (Å²) in [6.45, 7) is 7.24. The largest absolute Gasteiger partial charge is 0.378 e. The maximum absolute atomic E-state index is 4.50. The third kappa shape index (κ3) is 2.96. The Balaban J connectivity index is 1.62. The zero-order valence-corrected chi connectivity index (χ0v) is 13.2. The van der Waals surface area contributed by atoms with Crippen molar-refractivity contribution in [2.75, 3.05) is 5.32 Å². The quantitative estimate of drug-likeness (QED) is 0.912. The van der Waals surface area contributed by atoms with Crippen LogP contribution in [0.5, 0.6) is 0 Å². The molecule has 0 unspecified atom stereocenters. The van der Waals surface area contributed by atoms with E-state index >= 15 is 0 Å². The van der Waals surface area contributed by atoms with Crippen molar-refractivity contribution in [1.82, 2.24) is 19.6 Å². The predicted molar refractivity (Wildman–Crippen MR) is 84.4 cm³/mol. The number of aromatic nitrogens is 4. The minimum Gasteiger partial charge on any atom is -0.378 e. The molecule has 3 rings (SSSR count). The molecule has 1 fully saturated rings. The zero-order valence-electron chi connectivity index (χ0n) is 13.2. The maximum Gasteiger partial charge on any atom is 0.0729 e. The van der Waals surface area contributed by atoms with Gasteiger partial charge in [0.1, 0.15) is 0 Å². The molecule has 1 N–H and O–H groups in total. The Morgan fingerprint density at radius 1 is 1.24 bits per heavy atom. The molecule has 0 saturated heterocycles. The standard InChI is InChI=1S/C16H25N5/c1-12(2)21-13(3)14(9-19-21)8-17-15-10-18-20(11-15)16-6-4-5-7-16/h9-12,16-17H,4-8H2,1-3H3. The van der Waals surface area contributed by atoms with Crippen molar-refractivity contribution in [3.8, 4) is 0 Å². The molecule has 5 heteroatoms. The average Bonchev–Trinajstić information content (AvgIpc) is 3.17. The second kappa shape index (κ2) is 5.92. The van der Waals surface area contributed by atoms with Crippen molar-refractivity contribution >= 4 is 5.69 Å². The highest BCUT2D eigenvalue weighted by molar-refractivity contribution is 5.39. The molecule has 0 spiro atoms. The Morgan fingerprint density at radius 2 is 2.00 bits per heavy atom. The van der Waals surface area contributed by atoms with Gasteiger partial charge >= 0.3 is 0 Å². The van der Waals surface area contributed by atoms with Gasteiger partial charge in [0.2, 0.25) is 0 Å². The van der Waals surface area contributed by atoms with Gasteiger partial charge in [-0.1, -0.05) is 12.8 Å². The normalized spacial score (nSPS) is 16.0. The monoisotopic (exact) mass is 287 g/mol. The van der Waals surface area contributed by atoms with E-state index in [0.717, 1.165) is 12.2 Å². The second-order valence-corrected chi connectivity index (χ2v) is 6.29. The first-order chi connectivity index (χ1) is 10.1. The topological polar surface area (TPSA) is 47.7 Å². The number of rotatable bonds is 5. The average molecular weight is 287 g/mol. The highest BCUT2D eigenvalue weighted by Crippen LogP contribution is 2.29. The maximum atomic E-state index is 4.50. The molecular weight excluding hydrogens is 262 g/mol. The van der Waals surface area contributed by atoms with Gasteiger partial charge < -0.3 is 5.32 Å². The number of nitrogens with zero attached hydrogens (tertiary/aromatic N) is 4. The molecule has 0 radical (unpaired) electrons. The van der Waals surface area contributed by atoms with Gasteiger partial charge in [0, 0.05) is 30.0 Å². The summed E-state index contributed by atoms with van der Waals surface area (Å²) in [6.07, 6.45) is 11.2. The molecule has 2 aromatic heterocycles. The van der Waals surface area contributed by atoms with Crippen LogP contribution in [-0.4, -0.2) is 19.6 Å². The van der Waals surface area contributed by atoms with Gasteiger partial charge in [0.25, 0.3) is 0 Å². The summed E-state index contributed by atoms with van der Waals surface area (Å²) in [4.78, 5) is 0. The van der Waals surface area contributed by atoms with E-state index in [-0.39, 0.29) is 0 Å². The van der Waals surface area contributed by atoms with Crippen LogP contribution in [0.3, 0.4) is 0 Å². The summed E-state index contributed by atoms with van der Waals surface area (Å²) in [5.74, 6) is 0. The number of hydrogen-bond donors (Lipinski definition) is 1. The van der Waals surface area contributed by atoms with Crippen molar-refractivity contribution in [2.45, 2.75) is 65.1 Å². The van der Waals surface area contributed by atoms with Crippen molar-refractivity contribution in [2.24, 2.45) is 0 Å². The molecule has 0 atom stereocenters. The van der Waals surface area contributed by atoms with Gasteiger partial charge in [-0.2, -0.15) is 10.2 Å². The van der Waals surface area contributed by atoms with Crippen LogP contribution in [0.15, 0.2) is 18.6 Å². The number of anilines is 1. The lowest BCUT2D eigenvalue weighted by atomic mass is 10.2. The van der Waals surface area contributed by atoms with E-state index in [1.54, 1.807) is 0 Å². The van der Waals surface area contributed by atoms with Crippen LogP contribution in [0.25, 0.3) is 0 Å². The molecule has 0 aliphatic heterocycles. The van der Waals surface area contributed by atoms with Gasteiger partial charge in [-0.3, -0.25) is 9.36 Å². The Morgan fingerprint density at radius 3 is 2.67 bits per heavy atom. The van der Waals surface area contributed by atoms with E-state index in [1.807, 2.05) is 12.4 Å². The minimum atomic E-state index is 0.406. The van der Waals surface area contributed by atoms with E-state index in [2.05, 4.69) is 51.8 Å². The summed E-state index contributed by atoms with van der Waals surface area (Å²) >= 11 is 0. The molecule has 114 valence electrons. The molecule has 0 aromatic carbocycles. The molecule has 0 bridgehead atoms. The molecular formula is C16H25N5. The lowest BCUT2D eigenvalue weighted by Gasteiger charge is -2.10. The van der Waals surface area contributed by atoms with Crippen LogP contribution < -0.4 is 5.32 Å². The second-order valence-electron chi connectivity index (χ2n) is 6.29.